The molecular weight excluding hydrogens is 248 g/mol. The first-order valence-corrected chi connectivity index (χ1v) is 6.27. The van der Waals surface area contributed by atoms with Crippen LogP contribution in [0, 0.1) is 0 Å². The summed E-state index contributed by atoms with van der Waals surface area (Å²) in [5, 5.41) is 0. The first-order chi connectivity index (χ1) is 9.29. The van der Waals surface area contributed by atoms with E-state index in [1.54, 1.807) is 12.1 Å². The van der Waals surface area contributed by atoms with Gasteiger partial charge in [0.1, 0.15) is 6.61 Å². The van der Waals surface area contributed by atoms with Crippen molar-refractivity contribution in [3.8, 4) is 5.88 Å². The Bertz CT molecular complexity index is 419. The summed E-state index contributed by atoms with van der Waals surface area (Å²) in [6.45, 7) is 4.77. The van der Waals surface area contributed by atoms with Crippen molar-refractivity contribution in [3.63, 3.8) is 0 Å². The molecule has 6 heteroatoms. The van der Waals surface area contributed by atoms with Gasteiger partial charge in [0, 0.05) is 31.9 Å². The molecule has 1 aromatic heterocycles. The fourth-order valence-corrected chi connectivity index (χ4v) is 1.84. The van der Waals surface area contributed by atoms with Gasteiger partial charge in [-0.25, -0.2) is 9.78 Å². The minimum atomic E-state index is -0.388. The Labute approximate surface area is 112 Å². The molecule has 1 saturated heterocycles. The lowest BCUT2D eigenvalue weighted by Gasteiger charge is -2.26. The van der Waals surface area contributed by atoms with Crippen LogP contribution in [0.3, 0.4) is 0 Å². The van der Waals surface area contributed by atoms with Crippen LogP contribution < -0.4 is 4.74 Å². The summed E-state index contributed by atoms with van der Waals surface area (Å²) < 4.78 is 15.5. The number of carbonyl (C=O) groups excluding carboxylic acids is 1. The van der Waals surface area contributed by atoms with E-state index < -0.39 is 0 Å². The normalized spacial score (nSPS) is 16.1. The maximum absolute atomic E-state index is 11.4. The highest BCUT2D eigenvalue weighted by atomic mass is 16.5. The van der Waals surface area contributed by atoms with Crippen molar-refractivity contribution in [2.75, 3.05) is 46.6 Å². The molecule has 6 nitrogen and oxygen atoms in total. The SMILES string of the molecule is COC(=O)c1ccnc(OCCN2CCOCC2)c1. The second kappa shape index (κ2) is 7.06. The monoisotopic (exact) mass is 266 g/mol. The van der Waals surface area contributed by atoms with Crippen LogP contribution in [-0.4, -0.2) is 62.4 Å². The summed E-state index contributed by atoms with van der Waals surface area (Å²) in [6.07, 6.45) is 1.54. The molecule has 0 unspecified atom stereocenters. The molecule has 0 N–H and O–H groups in total. The van der Waals surface area contributed by atoms with E-state index in [1.807, 2.05) is 0 Å². The van der Waals surface area contributed by atoms with Crippen molar-refractivity contribution in [2.45, 2.75) is 0 Å². The molecular formula is C13H18N2O4. The van der Waals surface area contributed by atoms with Crippen LogP contribution in [0.2, 0.25) is 0 Å². The molecule has 19 heavy (non-hydrogen) atoms. The number of pyridine rings is 1. The molecule has 0 atom stereocenters. The largest absolute Gasteiger partial charge is 0.476 e. The van der Waals surface area contributed by atoms with E-state index >= 15 is 0 Å². The van der Waals surface area contributed by atoms with Gasteiger partial charge >= 0.3 is 5.97 Å². The fraction of sp³-hybridized carbons (Fsp3) is 0.538. The first kappa shape index (κ1) is 13.8. The predicted octanol–water partition coefficient (Wildman–Crippen LogP) is 0.579. The lowest BCUT2D eigenvalue weighted by molar-refractivity contribution is 0.0319. The van der Waals surface area contributed by atoms with Gasteiger partial charge in [-0.1, -0.05) is 0 Å². The smallest absolute Gasteiger partial charge is 0.338 e. The van der Waals surface area contributed by atoms with Gasteiger partial charge in [-0.2, -0.15) is 0 Å². The molecule has 0 aliphatic carbocycles. The Kier molecular flexibility index (Phi) is 5.11. The second-order valence-electron chi connectivity index (χ2n) is 4.18. The number of rotatable bonds is 5. The van der Waals surface area contributed by atoms with Crippen molar-refractivity contribution in [1.29, 1.82) is 0 Å². The van der Waals surface area contributed by atoms with Crippen molar-refractivity contribution in [1.82, 2.24) is 9.88 Å². The lowest BCUT2D eigenvalue weighted by Crippen LogP contribution is -2.38. The number of esters is 1. The Morgan fingerprint density at radius 2 is 2.26 bits per heavy atom. The molecule has 1 aliphatic heterocycles. The average Bonchev–Trinajstić information content (AvgIpc) is 2.48. The van der Waals surface area contributed by atoms with Crippen LogP contribution in [0.1, 0.15) is 10.4 Å². The number of nitrogens with zero attached hydrogens (tertiary/aromatic N) is 2. The minimum absolute atomic E-state index is 0.388. The first-order valence-electron chi connectivity index (χ1n) is 6.27. The number of hydrogen-bond acceptors (Lipinski definition) is 6. The Hall–Kier alpha value is -1.66. The van der Waals surface area contributed by atoms with Crippen LogP contribution >= 0.6 is 0 Å². The van der Waals surface area contributed by atoms with Gasteiger partial charge in [-0.3, -0.25) is 4.90 Å². The zero-order valence-corrected chi connectivity index (χ0v) is 11.0. The molecule has 0 aromatic carbocycles. The molecule has 1 fully saturated rings. The molecule has 0 radical (unpaired) electrons. The third-order valence-corrected chi connectivity index (χ3v) is 2.92. The summed E-state index contributed by atoms with van der Waals surface area (Å²) in [4.78, 5) is 17.7. The summed E-state index contributed by atoms with van der Waals surface area (Å²) in [5.74, 6) is 0.0524. The topological polar surface area (TPSA) is 60.9 Å². The maximum Gasteiger partial charge on any atom is 0.338 e. The lowest BCUT2D eigenvalue weighted by atomic mass is 10.3. The standard InChI is InChI=1S/C13H18N2O4/c1-17-13(16)11-2-3-14-12(10-11)19-9-6-15-4-7-18-8-5-15/h2-3,10H,4-9H2,1H3. The van der Waals surface area contributed by atoms with Gasteiger partial charge < -0.3 is 14.2 Å². The number of morpholine rings is 1. The van der Waals surface area contributed by atoms with Gasteiger partial charge in [0.2, 0.25) is 5.88 Å². The van der Waals surface area contributed by atoms with E-state index in [2.05, 4.69) is 14.6 Å². The molecule has 0 spiro atoms. The Balaban J connectivity index is 1.80. The Morgan fingerprint density at radius 3 is 3.00 bits per heavy atom. The average molecular weight is 266 g/mol. The van der Waals surface area contributed by atoms with E-state index in [4.69, 9.17) is 9.47 Å². The second-order valence-corrected chi connectivity index (χ2v) is 4.18. The van der Waals surface area contributed by atoms with Gasteiger partial charge in [-0.05, 0) is 6.07 Å². The van der Waals surface area contributed by atoms with Crippen molar-refractivity contribution in [3.05, 3.63) is 23.9 Å². The van der Waals surface area contributed by atoms with E-state index in [9.17, 15) is 4.79 Å². The third kappa shape index (κ3) is 4.18. The molecule has 1 aliphatic rings. The van der Waals surface area contributed by atoms with Crippen LogP contribution in [0.25, 0.3) is 0 Å². The van der Waals surface area contributed by atoms with E-state index in [0.29, 0.717) is 18.1 Å². The summed E-state index contributed by atoms with van der Waals surface area (Å²) in [6, 6.07) is 3.19. The quantitative estimate of drug-likeness (QED) is 0.727. The molecule has 0 amide bonds. The van der Waals surface area contributed by atoms with Crippen molar-refractivity contribution in [2.24, 2.45) is 0 Å². The predicted molar refractivity (Wildman–Crippen MR) is 68.3 cm³/mol. The van der Waals surface area contributed by atoms with Gasteiger partial charge in [0.25, 0.3) is 0 Å². The van der Waals surface area contributed by atoms with Gasteiger partial charge in [0.05, 0.1) is 25.9 Å². The molecule has 104 valence electrons. The van der Waals surface area contributed by atoms with Crippen molar-refractivity contribution >= 4 is 5.97 Å². The molecule has 0 bridgehead atoms. The highest BCUT2D eigenvalue weighted by Gasteiger charge is 2.11. The maximum atomic E-state index is 11.4. The summed E-state index contributed by atoms with van der Waals surface area (Å²) in [5.41, 5.74) is 0.443. The molecule has 0 saturated carbocycles. The third-order valence-electron chi connectivity index (χ3n) is 2.92. The fourth-order valence-electron chi connectivity index (χ4n) is 1.84. The number of hydrogen-bond donors (Lipinski definition) is 0. The highest BCUT2D eigenvalue weighted by molar-refractivity contribution is 5.89. The molecule has 2 rings (SSSR count). The molecule has 1 aromatic rings. The number of carbonyl (C=O) groups is 1. The number of methoxy groups -OCH3 is 1. The van der Waals surface area contributed by atoms with Crippen LogP contribution in [0.4, 0.5) is 0 Å². The zero-order valence-electron chi connectivity index (χ0n) is 11.0. The van der Waals surface area contributed by atoms with E-state index in [0.717, 1.165) is 32.8 Å². The Morgan fingerprint density at radius 1 is 1.47 bits per heavy atom. The van der Waals surface area contributed by atoms with Crippen molar-refractivity contribution < 1.29 is 19.0 Å². The zero-order chi connectivity index (χ0) is 13.5. The number of ether oxygens (including phenoxy) is 3. The summed E-state index contributed by atoms with van der Waals surface area (Å²) >= 11 is 0. The highest BCUT2D eigenvalue weighted by Crippen LogP contribution is 2.10. The minimum Gasteiger partial charge on any atom is -0.476 e. The van der Waals surface area contributed by atoms with Gasteiger partial charge in [0.15, 0.2) is 0 Å². The number of aromatic nitrogens is 1. The van der Waals surface area contributed by atoms with E-state index in [-0.39, 0.29) is 5.97 Å². The molecule has 2 heterocycles. The van der Waals surface area contributed by atoms with Crippen LogP contribution in [0.5, 0.6) is 5.88 Å². The van der Waals surface area contributed by atoms with E-state index in [1.165, 1.54) is 13.3 Å². The van der Waals surface area contributed by atoms with Crippen LogP contribution in [0.15, 0.2) is 18.3 Å². The van der Waals surface area contributed by atoms with Crippen LogP contribution in [-0.2, 0) is 9.47 Å². The van der Waals surface area contributed by atoms with Gasteiger partial charge in [-0.15, -0.1) is 0 Å². The summed E-state index contributed by atoms with van der Waals surface area (Å²) in [7, 11) is 1.35.